The van der Waals surface area contributed by atoms with Crippen LogP contribution in [0, 0.1) is 5.41 Å². The van der Waals surface area contributed by atoms with E-state index in [2.05, 4.69) is 11.1 Å². The molecule has 0 saturated carbocycles. The molecule has 3 heteroatoms. The van der Waals surface area contributed by atoms with Gasteiger partial charge in [0.1, 0.15) is 6.29 Å². The number of aromatic nitrogens is 1. The van der Waals surface area contributed by atoms with Gasteiger partial charge in [0, 0.05) is 11.8 Å². The Hall–Kier alpha value is -1.22. The van der Waals surface area contributed by atoms with Crippen LogP contribution in [0.15, 0.2) is 24.3 Å². The topological polar surface area (TPSA) is 30.0 Å². The summed E-state index contributed by atoms with van der Waals surface area (Å²) in [4.78, 5) is 15.4. The fraction of sp³-hybridized carbons (Fsp3) is 0.385. The molecule has 0 aliphatic carbocycles. The van der Waals surface area contributed by atoms with Crippen molar-refractivity contribution in [1.29, 1.82) is 0 Å². The van der Waals surface area contributed by atoms with E-state index in [9.17, 15) is 4.79 Å². The van der Waals surface area contributed by atoms with Gasteiger partial charge in [-0.2, -0.15) is 0 Å². The van der Waals surface area contributed by atoms with Crippen LogP contribution in [-0.2, 0) is 11.2 Å². The predicted octanol–water partition coefficient (Wildman–Crippen LogP) is 3.45. The van der Waals surface area contributed by atoms with E-state index in [0.717, 1.165) is 29.7 Å². The summed E-state index contributed by atoms with van der Waals surface area (Å²) >= 11 is 1.72. The third-order valence-corrected chi connectivity index (χ3v) is 3.74. The van der Waals surface area contributed by atoms with E-state index >= 15 is 0 Å². The lowest BCUT2D eigenvalue weighted by molar-refractivity contribution is -0.114. The molecule has 2 aromatic rings. The highest BCUT2D eigenvalue weighted by Gasteiger charge is 2.17. The average molecular weight is 233 g/mol. The van der Waals surface area contributed by atoms with E-state index in [4.69, 9.17) is 0 Å². The molecule has 2 nitrogen and oxygen atoms in total. The smallest absolute Gasteiger partial charge is 0.125 e. The largest absolute Gasteiger partial charge is 0.303 e. The number of hydrogen-bond acceptors (Lipinski definition) is 3. The third-order valence-electron chi connectivity index (χ3n) is 2.64. The van der Waals surface area contributed by atoms with Crippen LogP contribution in [0.2, 0.25) is 0 Å². The molecule has 0 aliphatic rings. The molecule has 1 heterocycles. The van der Waals surface area contributed by atoms with Crippen LogP contribution in [0.3, 0.4) is 0 Å². The number of benzene rings is 1. The van der Waals surface area contributed by atoms with Crippen molar-refractivity contribution < 1.29 is 4.79 Å². The number of para-hydroxylation sites is 1. The Morgan fingerprint density at radius 1 is 1.38 bits per heavy atom. The Kier molecular flexibility index (Phi) is 3.06. The molecule has 0 aliphatic heterocycles. The van der Waals surface area contributed by atoms with Crippen molar-refractivity contribution >= 4 is 27.8 Å². The molecular formula is C13H15NOS. The number of fused-ring (bicyclic) bond motifs is 1. The highest BCUT2D eigenvalue weighted by Crippen LogP contribution is 2.26. The summed E-state index contributed by atoms with van der Waals surface area (Å²) in [6.07, 6.45) is 2.77. The van der Waals surface area contributed by atoms with Crippen LogP contribution in [-0.4, -0.2) is 11.3 Å². The second kappa shape index (κ2) is 4.34. The Morgan fingerprint density at radius 3 is 2.81 bits per heavy atom. The molecule has 0 N–H and O–H groups in total. The van der Waals surface area contributed by atoms with Gasteiger partial charge in [-0.3, -0.25) is 0 Å². The van der Waals surface area contributed by atoms with Gasteiger partial charge in [0.2, 0.25) is 0 Å². The van der Waals surface area contributed by atoms with Gasteiger partial charge in [0.15, 0.2) is 0 Å². The molecular weight excluding hydrogens is 218 g/mol. The van der Waals surface area contributed by atoms with Gasteiger partial charge in [-0.1, -0.05) is 26.0 Å². The summed E-state index contributed by atoms with van der Waals surface area (Å²) in [5.41, 5.74) is 0.823. The normalized spacial score (nSPS) is 11.9. The summed E-state index contributed by atoms with van der Waals surface area (Å²) in [6, 6.07) is 8.14. The first-order chi connectivity index (χ1) is 7.61. The minimum Gasteiger partial charge on any atom is -0.303 e. The minimum absolute atomic E-state index is 0.238. The Balaban J connectivity index is 2.13. The lowest BCUT2D eigenvalue weighted by atomic mass is 9.90. The molecule has 0 radical (unpaired) electrons. The first-order valence-electron chi connectivity index (χ1n) is 5.41. The van der Waals surface area contributed by atoms with E-state index < -0.39 is 0 Å². The Morgan fingerprint density at radius 2 is 2.12 bits per heavy atom. The first kappa shape index (κ1) is 11.3. The summed E-state index contributed by atoms with van der Waals surface area (Å²) in [6.45, 7) is 3.93. The maximum absolute atomic E-state index is 10.8. The molecule has 0 bridgehead atoms. The van der Waals surface area contributed by atoms with Crippen LogP contribution in [0.1, 0.15) is 25.3 Å². The minimum atomic E-state index is -0.238. The van der Waals surface area contributed by atoms with Crippen molar-refractivity contribution in [1.82, 2.24) is 4.98 Å². The number of rotatable bonds is 4. The standard InChI is InChI=1S/C13H15NOS/c1-13(2,9-15)8-7-12-14-10-5-3-4-6-11(10)16-12/h3-6,9H,7-8H2,1-2H3. The van der Waals surface area contributed by atoms with E-state index in [-0.39, 0.29) is 5.41 Å². The van der Waals surface area contributed by atoms with Crippen molar-refractivity contribution in [2.24, 2.45) is 5.41 Å². The fourth-order valence-electron chi connectivity index (χ4n) is 1.51. The number of thiazole rings is 1. The third kappa shape index (κ3) is 2.47. The number of aldehydes is 1. The molecule has 16 heavy (non-hydrogen) atoms. The zero-order chi connectivity index (χ0) is 11.6. The molecule has 0 atom stereocenters. The van der Waals surface area contributed by atoms with Gasteiger partial charge in [-0.25, -0.2) is 4.98 Å². The number of nitrogens with zero attached hydrogens (tertiary/aromatic N) is 1. The molecule has 84 valence electrons. The second-order valence-electron chi connectivity index (χ2n) is 4.68. The van der Waals surface area contributed by atoms with Gasteiger partial charge >= 0.3 is 0 Å². The zero-order valence-corrected chi connectivity index (χ0v) is 10.4. The molecule has 0 saturated heterocycles. The van der Waals surface area contributed by atoms with E-state index in [1.807, 2.05) is 32.0 Å². The first-order valence-corrected chi connectivity index (χ1v) is 6.23. The van der Waals surface area contributed by atoms with E-state index in [1.54, 1.807) is 11.3 Å². The summed E-state index contributed by atoms with van der Waals surface area (Å²) in [5, 5.41) is 1.12. The highest BCUT2D eigenvalue weighted by molar-refractivity contribution is 7.18. The number of aryl methyl sites for hydroxylation is 1. The predicted molar refractivity (Wildman–Crippen MR) is 67.8 cm³/mol. The van der Waals surface area contributed by atoms with Gasteiger partial charge in [0.25, 0.3) is 0 Å². The lowest BCUT2D eigenvalue weighted by Gasteiger charge is -2.14. The zero-order valence-electron chi connectivity index (χ0n) is 9.56. The van der Waals surface area contributed by atoms with Gasteiger partial charge in [0.05, 0.1) is 15.2 Å². The van der Waals surface area contributed by atoms with E-state index in [1.165, 1.54) is 4.70 Å². The molecule has 0 unspecified atom stereocenters. The highest BCUT2D eigenvalue weighted by atomic mass is 32.1. The van der Waals surface area contributed by atoms with Gasteiger partial charge < -0.3 is 4.79 Å². The summed E-state index contributed by atoms with van der Waals surface area (Å²) in [7, 11) is 0. The van der Waals surface area contributed by atoms with Crippen molar-refractivity contribution in [3.8, 4) is 0 Å². The van der Waals surface area contributed by atoms with Crippen LogP contribution in [0.5, 0.6) is 0 Å². The summed E-state index contributed by atoms with van der Waals surface area (Å²) in [5.74, 6) is 0. The monoisotopic (exact) mass is 233 g/mol. The van der Waals surface area contributed by atoms with Gasteiger partial charge in [-0.15, -0.1) is 11.3 Å². The second-order valence-corrected chi connectivity index (χ2v) is 5.80. The summed E-state index contributed by atoms with van der Waals surface area (Å²) < 4.78 is 1.22. The fourth-order valence-corrected chi connectivity index (χ4v) is 2.48. The molecule has 0 spiro atoms. The molecule has 2 rings (SSSR count). The number of carbonyl (C=O) groups is 1. The SMILES string of the molecule is CC(C)(C=O)CCc1nc2ccccc2s1. The maximum atomic E-state index is 10.8. The van der Waals surface area contributed by atoms with Crippen molar-refractivity contribution in [3.63, 3.8) is 0 Å². The average Bonchev–Trinajstić information content (AvgIpc) is 2.69. The van der Waals surface area contributed by atoms with Crippen molar-refractivity contribution in [3.05, 3.63) is 29.3 Å². The van der Waals surface area contributed by atoms with Crippen LogP contribution >= 0.6 is 11.3 Å². The Labute approximate surface area is 99.3 Å². The Bertz CT molecular complexity index is 468. The van der Waals surface area contributed by atoms with Crippen LogP contribution < -0.4 is 0 Å². The van der Waals surface area contributed by atoms with Crippen molar-refractivity contribution in [2.75, 3.05) is 0 Å². The molecule has 0 fully saturated rings. The van der Waals surface area contributed by atoms with Crippen LogP contribution in [0.4, 0.5) is 0 Å². The maximum Gasteiger partial charge on any atom is 0.125 e. The van der Waals surface area contributed by atoms with Gasteiger partial charge in [-0.05, 0) is 18.6 Å². The number of hydrogen-bond donors (Lipinski definition) is 0. The molecule has 1 aromatic heterocycles. The van der Waals surface area contributed by atoms with E-state index in [0.29, 0.717) is 0 Å². The molecule has 0 amide bonds. The van der Waals surface area contributed by atoms with Crippen molar-refractivity contribution in [2.45, 2.75) is 26.7 Å². The molecule has 1 aromatic carbocycles. The number of carbonyl (C=O) groups excluding carboxylic acids is 1. The quantitative estimate of drug-likeness (QED) is 0.757. The van der Waals surface area contributed by atoms with Crippen LogP contribution in [0.25, 0.3) is 10.2 Å². The lowest BCUT2D eigenvalue weighted by Crippen LogP contribution is -2.13.